The van der Waals surface area contributed by atoms with Crippen LogP contribution in [0.3, 0.4) is 0 Å². The SMILES string of the molecule is CC1(O)CC[C@H]2[C@@H]3C(CCCc4ccc(OCCCC(=O)O)cc4)CC4=CC(=O)CC[C@]4(C)[C@@H]3CC[C@@]21C. The van der Waals surface area contributed by atoms with Crippen LogP contribution in [-0.2, 0) is 16.0 Å². The number of carboxylic acids is 1. The summed E-state index contributed by atoms with van der Waals surface area (Å²) < 4.78 is 5.69. The van der Waals surface area contributed by atoms with Crippen LogP contribution >= 0.6 is 0 Å². The molecule has 0 heterocycles. The van der Waals surface area contributed by atoms with Gasteiger partial charge in [-0.05, 0) is 129 Å². The quantitative estimate of drug-likeness (QED) is 0.350. The maximum Gasteiger partial charge on any atom is 0.303 e. The number of aliphatic hydroxyl groups is 1. The van der Waals surface area contributed by atoms with Crippen molar-refractivity contribution in [1.29, 1.82) is 0 Å². The highest BCUT2D eigenvalue weighted by atomic mass is 16.5. The first-order valence-electron chi connectivity index (χ1n) is 14.9. The lowest BCUT2D eigenvalue weighted by Crippen LogP contribution is -2.56. The van der Waals surface area contributed by atoms with Gasteiger partial charge in [0.25, 0.3) is 0 Å². The Bertz CT molecular complexity index is 1070. The van der Waals surface area contributed by atoms with Gasteiger partial charge in [0.1, 0.15) is 5.75 Å². The fourth-order valence-electron chi connectivity index (χ4n) is 8.98. The van der Waals surface area contributed by atoms with E-state index in [0.717, 1.165) is 57.1 Å². The molecule has 38 heavy (non-hydrogen) atoms. The first-order valence-corrected chi connectivity index (χ1v) is 14.9. The zero-order valence-corrected chi connectivity index (χ0v) is 23.5. The molecule has 0 spiro atoms. The Morgan fingerprint density at radius 1 is 1.03 bits per heavy atom. The number of benzene rings is 1. The highest BCUT2D eigenvalue weighted by Gasteiger charge is 2.64. The number of fused-ring (bicyclic) bond motifs is 5. The maximum atomic E-state index is 12.4. The second-order valence-corrected chi connectivity index (χ2v) is 13.5. The lowest BCUT2D eigenvalue weighted by atomic mass is 9.44. The maximum absolute atomic E-state index is 12.4. The Balaban J connectivity index is 1.27. The highest BCUT2D eigenvalue weighted by molar-refractivity contribution is 5.91. The summed E-state index contributed by atoms with van der Waals surface area (Å²) in [5, 5.41) is 20.2. The summed E-state index contributed by atoms with van der Waals surface area (Å²) in [4.78, 5) is 23.1. The minimum atomic E-state index is -0.791. The number of allylic oxidation sites excluding steroid dienone is 1. The average Bonchev–Trinajstić information content (AvgIpc) is 3.12. The third-order valence-corrected chi connectivity index (χ3v) is 11.5. The molecule has 5 heteroatoms. The lowest BCUT2D eigenvalue weighted by Gasteiger charge is -2.61. The molecular formula is C33H46O5. The summed E-state index contributed by atoms with van der Waals surface area (Å²) in [5.41, 5.74) is 2.27. The van der Waals surface area contributed by atoms with Crippen molar-refractivity contribution in [1.82, 2.24) is 0 Å². The van der Waals surface area contributed by atoms with E-state index >= 15 is 0 Å². The molecule has 0 saturated heterocycles. The van der Waals surface area contributed by atoms with Crippen LogP contribution < -0.4 is 4.74 Å². The highest BCUT2D eigenvalue weighted by Crippen LogP contribution is 2.69. The van der Waals surface area contributed by atoms with Crippen LogP contribution in [0.4, 0.5) is 0 Å². The molecule has 2 N–H and O–H groups in total. The first-order chi connectivity index (χ1) is 18.0. The molecule has 3 saturated carbocycles. The summed E-state index contributed by atoms with van der Waals surface area (Å²) in [6.45, 7) is 7.30. The zero-order chi connectivity index (χ0) is 27.1. The number of aryl methyl sites for hydroxylation is 1. The van der Waals surface area contributed by atoms with Crippen molar-refractivity contribution in [2.45, 2.75) is 103 Å². The van der Waals surface area contributed by atoms with Crippen molar-refractivity contribution in [2.24, 2.45) is 34.5 Å². The Kier molecular flexibility index (Phi) is 7.54. The zero-order valence-electron chi connectivity index (χ0n) is 23.5. The summed E-state index contributed by atoms with van der Waals surface area (Å²) in [6, 6.07) is 8.23. The topological polar surface area (TPSA) is 83.8 Å². The number of carboxylic acid groups (broad SMARTS) is 1. The molecule has 4 aliphatic rings. The van der Waals surface area contributed by atoms with Crippen LogP contribution in [0.5, 0.6) is 5.75 Å². The van der Waals surface area contributed by atoms with Gasteiger partial charge in [0.05, 0.1) is 12.2 Å². The third-order valence-electron chi connectivity index (χ3n) is 11.5. The molecule has 1 aromatic carbocycles. The van der Waals surface area contributed by atoms with Gasteiger partial charge in [-0.3, -0.25) is 9.59 Å². The van der Waals surface area contributed by atoms with Gasteiger partial charge in [-0.1, -0.05) is 31.6 Å². The Morgan fingerprint density at radius 3 is 2.50 bits per heavy atom. The van der Waals surface area contributed by atoms with E-state index in [2.05, 4.69) is 32.9 Å². The summed E-state index contributed by atoms with van der Waals surface area (Å²) in [6.07, 6.45) is 13.0. The molecule has 1 aromatic rings. The van der Waals surface area contributed by atoms with Gasteiger partial charge in [0.2, 0.25) is 0 Å². The van der Waals surface area contributed by atoms with E-state index < -0.39 is 11.6 Å². The van der Waals surface area contributed by atoms with Crippen molar-refractivity contribution in [3.05, 3.63) is 41.5 Å². The molecule has 3 fully saturated rings. The molecule has 0 aliphatic heterocycles. The summed E-state index contributed by atoms with van der Waals surface area (Å²) >= 11 is 0. The molecule has 7 atom stereocenters. The van der Waals surface area contributed by atoms with Crippen LogP contribution in [-0.4, -0.2) is 34.2 Å². The number of carbonyl (C=O) groups excluding carboxylic acids is 1. The van der Waals surface area contributed by atoms with Crippen LogP contribution in [0, 0.1) is 34.5 Å². The monoisotopic (exact) mass is 522 g/mol. The largest absolute Gasteiger partial charge is 0.494 e. The minimum Gasteiger partial charge on any atom is -0.494 e. The summed E-state index contributed by atoms with van der Waals surface area (Å²) in [5.74, 6) is 2.68. The molecule has 0 radical (unpaired) electrons. The van der Waals surface area contributed by atoms with E-state index in [0.29, 0.717) is 48.9 Å². The predicted octanol–water partition coefficient (Wildman–Crippen LogP) is 6.76. The van der Waals surface area contributed by atoms with E-state index in [-0.39, 0.29) is 17.3 Å². The van der Waals surface area contributed by atoms with E-state index in [1.54, 1.807) is 0 Å². The van der Waals surface area contributed by atoms with Gasteiger partial charge < -0.3 is 14.9 Å². The van der Waals surface area contributed by atoms with E-state index in [9.17, 15) is 14.7 Å². The molecule has 4 aliphatic carbocycles. The van der Waals surface area contributed by atoms with Gasteiger partial charge >= 0.3 is 5.97 Å². The number of ether oxygens (including phenoxy) is 1. The number of hydrogen-bond donors (Lipinski definition) is 2. The van der Waals surface area contributed by atoms with Crippen molar-refractivity contribution in [2.75, 3.05) is 6.61 Å². The van der Waals surface area contributed by atoms with Crippen molar-refractivity contribution >= 4 is 11.8 Å². The fourth-order valence-corrected chi connectivity index (χ4v) is 8.98. The molecule has 0 amide bonds. The van der Waals surface area contributed by atoms with Gasteiger partial charge in [-0.2, -0.15) is 0 Å². The first kappa shape index (κ1) is 27.4. The van der Waals surface area contributed by atoms with Crippen LogP contribution in [0.25, 0.3) is 0 Å². The molecule has 0 aromatic heterocycles. The molecular weight excluding hydrogens is 476 g/mol. The molecule has 5 nitrogen and oxygen atoms in total. The van der Waals surface area contributed by atoms with Crippen molar-refractivity contribution in [3.8, 4) is 5.75 Å². The number of hydrogen-bond acceptors (Lipinski definition) is 4. The summed E-state index contributed by atoms with van der Waals surface area (Å²) in [7, 11) is 0. The normalized spacial score (nSPS) is 38.1. The molecule has 2 unspecified atom stereocenters. The average molecular weight is 523 g/mol. The van der Waals surface area contributed by atoms with Crippen molar-refractivity contribution < 1.29 is 24.5 Å². The molecule has 5 rings (SSSR count). The minimum absolute atomic E-state index is 0.00518. The van der Waals surface area contributed by atoms with E-state index in [1.165, 1.54) is 17.6 Å². The van der Waals surface area contributed by atoms with E-state index in [1.807, 2.05) is 18.2 Å². The van der Waals surface area contributed by atoms with Crippen LogP contribution in [0.1, 0.15) is 97.0 Å². The fraction of sp³-hybridized carbons (Fsp3) is 0.697. The van der Waals surface area contributed by atoms with E-state index in [4.69, 9.17) is 9.84 Å². The van der Waals surface area contributed by atoms with Gasteiger partial charge in [-0.25, -0.2) is 0 Å². The third kappa shape index (κ3) is 4.96. The molecule has 208 valence electrons. The second-order valence-electron chi connectivity index (χ2n) is 13.5. The number of aliphatic carboxylic acids is 1. The Hall–Kier alpha value is -2.14. The Labute approximate surface area is 228 Å². The number of ketones is 1. The van der Waals surface area contributed by atoms with Gasteiger partial charge in [0.15, 0.2) is 5.78 Å². The number of carbonyl (C=O) groups is 2. The Morgan fingerprint density at radius 2 is 1.76 bits per heavy atom. The smallest absolute Gasteiger partial charge is 0.303 e. The predicted molar refractivity (Wildman–Crippen MR) is 148 cm³/mol. The number of rotatable bonds is 9. The van der Waals surface area contributed by atoms with Gasteiger partial charge in [-0.15, -0.1) is 0 Å². The lowest BCUT2D eigenvalue weighted by molar-refractivity contribution is -0.137. The van der Waals surface area contributed by atoms with Crippen LogP contribution in [0.15, 0.2) is 35.9 Å². The van der Waals surface area contributed by atoms with Crippen LogP contribution in [0.2, 0.25) is 0 Å². The second kappa shape index (κ2) is 10.4. The molecule has 0 bridgehead atoms. The van der Waals surface area contributed by atoms with Gasteiger partial charge in [0, 0.05) is 12.8 Å². The standard InChI is InChI=1S/C33H46O5/c1-31-16-13-25(34)21-24(31)20-23(30-27(31)14-17-32(2)28(30)15-18-33(32,3)37)7-4-6-22-9-11-26(12-10-22)38-19-5-8-29(35)36/h9-12,21,23,27-28,30,37H,4-8,13-20H2,1-3H3,(H,35,36)/t23?,27-,28+,30-,31+,32+,33?/m1/s1. The van der Waals surface area contributed by atoms with Crippen molar-refractivity contribution in [3.63, 3.8) is 0 Å².